The van der Waals surface area contributed by atoms with E-state index in [1.807, 2.05) is 0 Å². The molecule has 0 spiro atoms. The van der Waals surface area contributed by atoms with Crippen molar-refractivity contribution in [2.75, 3.05) is 0 Å². The van der Waals surface area contributed by atoms with E-state index in [0.717, 1.165) is 30.2 Å². The second kappa shape index (κ2) is 4.64. The molecule has 1 saturated heterocycles. The Morgan fingerprint density at radius 3 is 2.74 bits per heavy atom. The van der Waals surface area contributed by atoms with Gasteiger partial charge in [0, 0.05) is 11.9 Å². The molecule has 0 aliphatic carbocycles. The highest BCUT2D eigenvalue weighted by atomic mass is 15.6. The Balaban J connectivity index is 1.90. The molecule has 3 aliphatic heterocycles. The van der Waals surface area contributed by atoms with Crippen molar-refractivity contribution in [1.82, 2.24) is 25.7 Å². The first kappa shape index (κ1) is 14.4. The van der Waals surface area contributed by atoms with Gasteiger partial charge < -0.3 is 9.99 Å². The molecule has 3 N–H and O–H groups in total. The van der Waals surface area contributed by atoms with Gasteiger partial charge in [-0.3, -0.25) is 10.3 Å². The number of hydrazone groups is 1. The third kappa shape index (κ3) is 1.81. The van der Waals surface area contributed by atoms with E-state index in [2.05, 4.69) is 83.9 Å². The zero-order valence-electron chi connectivity index (χ0n) is 14.1. The number of amidine groups is 1. The number of aromatic nitrogens is 1. The van der Waals surface area contributed by atoms with Gasteiger partial charge in [0.2, 0.25) is 0 Å². The summed E-state index contributed by atoms with van der Waals surface area (Å²) < 4.78 is 2.25. The number of nitrogens with zero attached hydrogens (tertiary/aromatic N) is 3. The minimum Gasteiger partial charge on any atom is -0.315 e. The molecule has 6 nitrogen and oxygen atoms in total. The highest BCUT2D eigenvalue weighted by molar-refractivity contribution is 6.19. The topological polar surface area (TPSA) is 56.6 Å². The molecule has 1 fully saturated rings. The molecule has 4 rings (SSSR count). The number of hydrogen-bond donors (Lipinski definition) is 3. The first-order valence-corrected chi connectivity index (χ1v) is 8.31. The Morgan fingerprint density at radius 2 is 2.00 bits per heavy atom. The molecule has 0 radical (unpaired) electrons. The van der Waals surface area contributed by atoms with Gasteiger partial charge in [-0.05, 0) is 51.0 Å². The lowest BCUT2D eigenvalue weighted by molar-refractivity contribution is 0.231. The fourth-order valence-corrected chi connectivity index (χ4v) is 3.46. The first-order chi connectivity index (χ1) is 11.0. The molecule has 0 aromatic carbocycles. The lowest BCUT2D eigenvalue weighted by Gasteiger charge is -2.36. The number of allylic oxidation sites excluding steroid dienone is 2. The summed E-state index contributed by atoms with van der Waals surface area (Å²) in [6.07, 6.45) is 8.28. The third-order valence-corrected chi connectivity index (χ3v) is 5.41. The minimum atomic E-state index is -0.202. The van der Waals surface area contributed by atoms with Crippen LogP contribution in [0, 0.1) is 0 Å². The van der Waals surface area contributed by atoms with Gasteiger partial charge in [0.1, 0.15) is 11.5 Å². The zero-order chi connectivity index (χ0) is 16.2. The van der Waals surface area contributed by atoms with Gasteiger partial charge in [-0.2, -0.15) is 5.10 Å². The van der Waals surface area contributed by atoms with Gasteiger partial charge in [0.25, 0.3) is 0 Å². The quantitative estimate of drug-likeness (QED) is 0.784. The van der Waals surface area contributed by atoms with Crippen LogP contribution in [0.3, 0.4) is 0 Å². The smallest absolute Gasteiger partial charge is 0.179 e. The van der Waals surface area contributed by atoms with E-state index in [1.165, 1.54) is 5.69 Å². The molecule has 3 aliphatic rings. The standard InChI is InChI=1S/C17H24N6/c1-5-16(3)13-8-7-11-22(13)12-9-10-14-18-21-17(4,6-2)23(14)15(12)19-20-16/h7-11,18,20-21H,5-6H2,1-4H3/t16-,17+/m1/s1. The second-order valence-corrected chi connectivity index (χ2v) is 6.81. The summed E-state index contributed by atoms with van der Waals surface area (Å²) in [6, 6.07) is 4.28. The Kier molecular flexibility index (Phi) is 2.90. The molecular formula is C17H24N6. The van der Waals surface area contributed by atoms with Crippen LogP contribution in [0.5, 0.6) is 0 Å². The van der Waals surface area contributed by atoms with Crippen LogP contribution in [-0.2, 0) is 5.54 Å². The van der Waals surface area contributed by atoms with Crippen molar-refractivity contribution in [3.63, 3.8) is 0 Å². The molecule has 23 heavy (non-hydrogen) atoms. The van der Waals surface area contributed by atoms with Crippen LogP contribution in [0.15, 0.2) is 41.4 Å². The van der Waals surface area contributed by atoms with Crippen LogP contribution < -0.4 is 16.3 Å². The molecule has 0 amide bonds. The number of rotatable bonds is 2. The molecule has 1 aromatic rings. The maximum Gasteiger partial charge on any atom is 0.179 e. The van der Waals surface area contributed by atoms with Crippen LogP contribution in [-0.4, -0.2) is 21.0 Å². The van der Waals surface area contributed by atoms with Crippen LogP contribution in [0.1, 0.15) is 46.2 Å². The molecular weight excluding hydrogens is 288 g/mol. The minimum absolute atomic E-state index is 0.182. The van der Waals surface area contributed by atoms with Crippen LogP contribution in [0.25, 0.3) is 5.70 Å². The maximum atomic E-state index is 4.82. The van der Waals surface area contributed by atoms with Crippen molar-refractivity contribution in [3.8, 4) is 0 Å². The summed E-state index contributed by atoms with van der Waals surface area (Å²) >= 11 is 0. The molecule has 0 bridgehead atoms. The van der Waals surface area contributed by atoms with Gasteiger partial charge in [0.15, 0.2) is 5.84 Å². The normalized spacial score (nSPS) is 31.7. The molecule has 0 saturated carbocycles. The van der Waals surface area contributed by atoms with E-state index < -0.39 is 0 Å². The summed E-state index contributed by atoms with van der Waals surface area (Å²) in [5, 5.41) is 4.82. The SMILES string of the molecule is CC[C@@]1(C)NN=C2C(=CC=C3NN[C@](C)(CC)N32)n2cccc21. The van der Waals surface area contributed by atoms with Crippen molar-refractivity contribution < 1.29 is 0 Å². The maximum absolute atomic E-state index is 4.82. The average molecular weight is 312 g/mol. The highest BCUT2D eigenvalue weighted by Crippen LogP contribution is 2.36. The van der Waals surface area contributed by atoms with Crippen molar-refractivity contribution in [2.24, 2.45) is 5.10 Å². The fourth-order valence-electron chi connectivity index (χ4n) is 3.46. The Hall–Kier alpha value is -2.21. The predicted molar refractivity (Wildman–Crippen MR) is 91.8 cm³/mol. The summed E-state index contributed by atoms with van der Waals surface area (Å²) in [7, 11) is 0. The van der Waals surface area contributed by atoms with E-state index in [9.17, 15) is 0 Å². The zero-order valence-corrected chi connectivity index (χ0v) is 14.1. The van der Waals surface area contributed by atoms with Crippen molar-refractivity contribution >= 4 is 11.5 Å². The van der Waals surface area contributed by atoms with E-state index in [4.69, 9.17) is 5.10 Å². The molecule has 6 heteroatoms. The summed E-state index contributed by atoms with van der Waals surface area (Å²) in [5.41, 5.74) is 12.0. The molecule has 122 valence electrons. The highest BCUT2D eigenvalue weighted by Gasteiger charge is 2.45. The number of hydrazine groups is 1. The third-order valence-electron chi connectivity index (χ3n) is 5.41. The van der Waals surface area contributed by atoms with Crippen molar-refractivity contribution in [3.05, 3.63) is 42.0 Å². The fraction of sp³-hybridized carbons (Fsp3) is 0.471. The Labute approximate surface area is 136 Å². The van der Waals surface area contributed by atoms with Gasteiger partial charge in [-0.1, -0.05) is 13.8 Å². The van der Waals surface area contributed by atoms with Crippen LogP contribution >= 0.6 is 0 Å². The van der Waals surface area contributed by atoms with E-state index in [0.29, 0.717) is 0 Å². The summed E-state index contributed by atoms with van der Waals surface area (Å²) in [4.78, 5) is 2.25. The monoisotopic (exact) mass is 312 g/mol. The number of hydrogen-bond acceptors (Lipinski definition) is 5. The molecule has 4 heterocycles. The van der Waals surface area contributed by atoms with Gasteiger partial charge in [0.05, 0.1) is 11.2 Å². The first-order valence-electron chi connectivity index (χ1n) is 8.31. The summed E-state index contributed by atoms with van der Waals surface area (Å²) in [5.74, 6) is 1.98. The molecule has 0 unspecified atom stereocenters. The van der Waals surface area contributed by atoms with Gasteiger partial charge >= 0.3 is 0 Å². The summed E-state index contributed by atoms with van der Waals surface area (Å²) in [6.45, 7) is 8.76. The van der Waals surface area contributed by atoms with E-state index >= 15 is 0 Å². The Morgan fingerprint density at radius 1 is 1.17 bits per heavy atom. The van der Waals surface area contributed by atoms with Crippen molar-refractivity contribution in [1.29, 1.82) is 0 Å². The van der Waals surface area contributed by atoms with Crippen LogP contribution in [0.2, 0.25) is 0 Å². The lowest BCUT2D eigenvalue weighted by Crippen LogP contribution is -2.52. The molecule has 2 atom stereocenters. The van der Waals surface area contributed by atoms with Crippen molar-refractivity contribution in [2.45, 2.75) is 51.7 Å². The number of fused-ring (bicyclic) bond motifs is 5. The predicted octanol–water partition coefficient (Wildman–Crippen LogP) is 2.26. The lowest BCUT2D eigenvalue weighted by atomic mass is 9.95. The largest absolute Gasteiger partial charge is 0.315 e. The van der Waals surface area contributed by atoms with Gasteiger partial charge in [-0.25, -0.2) is 5.43 Å². The Bertz CT molecular complexity index is 742. The molecule has 1 aromatic heterocycles. The van der Waals surface area contributed by atoms with E-state index in [-0.39, 0.29) is 11.2 Å². The van der Waals surface area contributed by atoms with Gasteiger partial charge in [-0.15, -0.1) is 0 Å². The van der Waals surface area contributed by atoms with Crippen LogP contribution in [0.4, 0.5) is 0 Å². The van der Waals surface area contributed by atoms with E-state index in [1.54, 1.807) is 0 Å². The second-order valence-electron chi connectivity index (χ2n) is 6.81. The average Bonchev–Trinajstić information content (AvgIpc) is 3.16. The number of nitrogens with one attached hydrogen (secondary N) is 3.